The van der Waals surface area contributed by atoms with Crippen LogP contribution in [0.3, 0.4) is 0 Å². The van der Waals surface area contributed by atoms with E-state index in [1.165, 1.54) is 0 Å². The highest BCUT2D eigenvalue weighted by Gasteiger charge is 2.27. The summed E-state index contributed by atoms with van der Waals surface area (Å²) < 4.78 is 1.79. The maximum Gasteiger partial charge on any atom is 0.258 e. The first-order valence-corrected chi connectivity index (χ1v) is 13.2. The summed E-state index contributed by atoms with van der Waals surface area (Å²) in [5.41, 5.74) is 5.31. The quantitative estimate of drug-likeness (QED) is 0.525. The summed E-state index contributed by atoms with van der Waals surface area (Å²) in [6.07, 6.45) is 4.80. The minimum absolute atomic E-state index is 0.0662. The molecule has 0 saturated carbocycles. The van der Waals surface area contributed by atoms with Crippen molar-refractivity contribution < 1.29 is 9.59 Å². The van der Waals surface area contributed by atoms with E-state index in [1.807, 2.05) is 56.4 Å². The number of hydrogen-bond acceptors (Lipinski definition) is 5. The first-order chi connectivity index (χ1) is 17.9. The Labute approximate surface area is 218 Å². The van der Waals surface area contributed by atoms with E-state index in [1.54, 1.807) is 15.8 Å². The smallest absolute Gasteiger partial charge is 0.258 e. The van der Waals surface area contributed by atoms with Crippen LogP contribution >= 0.6 is 0 Å². The van der Waals surface area contributed by atoms with Gasteiger partial charge in [0, 0.05) is 30.6 Å². The molecule has 2 N–H and O–H groups in total. The SMILES string of the molecule is CCCN1CCC(C(=O)NCc2ccc(C(=O)N3Cc4cnn(C)c4Nc4ccccc43)cc2C)CC1. The number of nitrogens with one attached hydrogen (secondary N) is 2. The Morgan fingerprint density at radius 3 is 2.68 bits per heavy atom. The van der Waals surface area contributed by atoms with Gasteiger partial charge in [0.25, 0.3) is 5.91 Å². The van der Waals surface area contributed by atoms with Crippen LogP contribution in [0.4, 0.5) is 17.2 Å². The van der Waals surface area contributed by atoms with E-state index in [4.69, 9.17) is 0 Å². The van der Waals surface area contributed by atoms with Crippen molar-refractivity contribution in [3.63, 3.8) is 0 Å². The van der Waals surface area contributed by atoms with Crippen molar-refractivity contribution in [2.45, 2.75) is 46.2 Å². The minimum Gasteiger partial charge on any atom is -0.352 e. The Bertz CT molecular complexity index is 1290. The first-order valence-electron chi connectivity index (χ1n) is 13.2. The highest BCUT2D eigenvalue weighted by molar-refractivity contribution is 6.08. The molecular weight excluding hydrogens is 464 g/mol. The summed E-state index contributed by atoms with van der Waals surface area (Å²) >= 11 is 0. The number of hydrogen-bond donors (Lipinski definition) is 2. The molecule has 8 nitrogen and oxygen atoms in total. The van der Waals surface area contributed by atoms with Gasteiger partial charge in [-0.05, 0) is 81.2 Å². The number of piperidine rings is 1. The largest absolute Gasteiger partial charge is 0.352 e. The lowest BCUT2D eigenvalue weighted by molar-refractivity contribution is -0.126. The van der Waals surface area contributed by atoms with Crippen molar-refractivity contribution in [1.82, 2.24) is 20.0 Å². The monoisotopic (exact) mass is 500 g/mol. The lowest BCUT2D eigenvalue weighted by Gasteiger charge is -2.31. The van der Waals surface area contributed by atoms with Crippen molar-refractivity contribution >= 4 is 29.0 Å². The van der Waals surface area contributed by atoms with Crippen LogP contribution in [0.5, 0.6) is 0 Å². The molecule has 3 heterocycles. The molecule has 194 valence electrons. The zero-order valence-corrected chi connectivity index (χ0v) is 22.0. The fraction of sp³-hybridized carbons (Fsp3) is 0.414. The van der Waals surface area contributed by atoms with E-state index in [-0.39, 0.29) is 17.7 Å². The number of rotatable bonds is 6. The van der Waals surface area contributed by atoms with Crippen LogP contribution in [0, 0.1) is 12.8 Å². The van der Waals surface area contributed by atoms with Crippen molar-refractivity contribution in [2.24, 2.45) is 13.0 Å². The molecule has 2 aliphatic heterocycles. The van der Waals surface area contributed by atoms with Crippen molar-refractivity contribution in [3.8, 4) is 0 Å². The zero-order chi connectivity index (χ0) is 25.9. The Hall–Kier alpha value is -3.65. The number of amides is 2. The molecule has 37 heavy (non-hydrogen) atoms. The average Bonchev–Trinajstić information content (AvgIpc) is 3.15. The number of fused-ring (bicyclic) bond motifs is 2. The van der Waals surface area contributed by atoms with Gasteiger partial charge in [-0.25, -0.2) is 0 Å². The fourth-order valence-electron chi connectivity index (χ4n) is 5.38. The second-order valence-corrected chi connectivity index (χ2v) is 10.2. The summed E-state index contributed by atoms with van der Waals surface area (Å²) in [5, 5.41) is 10.9. The van der Waals surface area contributed by atoms with Gasteiger partial charge in [-0.15, -0.1) is 0 Å². The molecule has 0 aliphatic carbocycles. The Morgan fingerprint density at radius 1 is 1.14 bits per heavy atom. The normalized spacial score (nSPS) is 15.9. The Kier molecular flexibility index (Phi) is 7.28. The lowest BCUT2D eigenvalue weighted by Crippen LogP contribution is -2.40. The van der Waals surface area contributed by atoms with Crippen molar-refractivity contribution in [1.29, 1.82) is 0 Å². The van der Waals surface area contributed by atoms with E-state index < -0.39 is 0 Å². The molecule has 5 rings (SSSR count). The fourth-order valence-corrected chi connectivity index (χ4v) is 5.38. The van der Waals surface area contributed by atoms with Crippen LogP contribution in [-0.2, 0) is 24.9 Å². The molecule has 2 amide bonds. The molecule has 0 atom stereocenters. The van der Waals surface area contributed by atoms with Crippen molar-refractivity contribution in [3.05, 3.63) is 70.9 Å². The molecule has 2 aromatic carbocycles. The summed E-state index contributed by atoms with van der Waals surface area (Å²) in [5.74, 6) is 1.05. The standard InChI is InChI=1S/C29H36N6O2/c1-4-13-34-14-11-21(12-15-34)28(36)30-17-23-10-9-22(16-20(23)2)29(37)35-19-24-18-31-33(3)27(24)32-25-7-5-6-8-26(25)35/h5-10,16,18,21,32H,4,11-15,17,19H2,1-3H3,(H,30,36). The van der Waals surface area contributed by atoms with Gasteiger partial charge in [-0.1, -0.05) is 25.1 Å². The van der Waals surface area contributed by atoms with Gasteiger partial charge in [0.1, 0.15) is 5.82 Å². The van der Waals surface area contributed by atoms with Crippen LogP contribution in [0.2, 0.25) is 0 Å². The Balaban J connectivity index is 1.27. The number of anilines is 3. The minimum atomic E-state index is -0.0662. The molecule has 0 spiro atoms. The van der Waals surface area contributed by atoms with E-state index in [9.17, 15) is 9.59 Å². The summed E-state index contributed by atoms with van der Waals surface area (Å²) in [7, 11) is 1.89. The van der Waals surface area contributed by atoms with Crippen LogP contribution < -0.4 is 15.5 Å². The molecule has 2 aliphatic rings. The van der Waals surface area contributed by atoms with Crippen LogP contribution in [0.1, 0.15) is 53.2 Å². The molecule has 1 saturated heterocycles. The van der Waals surface area contributed by atoms with E-state index >= 15 is 0 Å². The second-order valence-electron chi connectivity index (χ2n) is 10.2. The summed E-state index contributed by atoms with van der Waals surface area (Å²) in [6, 6.07) is 13.6. The van der Waals surface area contributed by atoms with Crippen LogP contribution in [-0.4, -0.2) is 46.1 Å². The summed E-state index contributed by atoms with van der Waals surface area (Å²) in [4.78, 5) is 30.8. The number of likely N-dealkylation sites (tertiary alicyclic amines) is 1. The topological polar surface area (TPSA) is 82.5 Å². The van der Waals surface area contributed by atoms with Crippen LogP contribution in [0.15, 0.2) is 48.7 Å². The number of aromatic nitrogens is 2. The zero-order valence-electron chi connectivity index (χ0n) is 22.0. The molecule has 1 fully saturated rings. The first kappa shape index (κ1) is 25.0. The molecule has 0 unspecified atom stereocenters. The molecule has 0 radical (unpaired) electrons. The molecule has 0 bridgehead atoms. The molecule has 1 aromatic heterocycles. The van der Waals surface area contributed by atoms with Gasteiger partial charge in [0.05, 0.1) is 24.1 Å². The molecule has 3 aromatic rings. The number of carbonyl (C=O) groups excluding carboxylic acids is 2. The van der Waals surface area contributed by atoms with Gasteiger partial charge in [-0.3, -0.25) is 14.3 Å². The highest BCUT2D eigenvalue weighted by atomic mass is 16.2. The van der Waals surface area contributed by atoms with Crippen molar-refractivity contribution in [2.75, 3.05) is 29.9 Å². The third-order valence-electron chi connectivity index (χ3n) is 7.58. The van der Waals surface area contributed by atoms with Gasteiger partial charge in [0.2, 0.25) is 5.91 Å². The van der Waals surface area contributed by atoms with E-state index in [0.717, 1.165) is 72.8 Å². The van der Waals surface area contributed by atoms with E-state index in [0.29, 0.717) is 18.7 Å². The number of carbonyl (C=O) groups is 2. The summed E-state index contributed by atoms with van der Waals surface area (Å²) in [6.45, 7) is 8.21. The van der Waals surface area contributed by atoms with Gasteiger partial charge in [-0.2, -0.15) is 5.10 Å². The predicted octanol–water partition coefficient (Wildman–Crippen LogP) is 4.37. The third kappa shape index (κ3) is 5.25. The maximum atomic E-state index is 13.7. The predicted molar refractivity (Wildman–Crippen MR) is 146 cm³/mol. The maximum absolute atomic E-state index is 13.7. The van der Waals surface area contributed by atoms with Gasteiger partial charge < -0.3 is 20.4 Å². The van der Waals surface area contributed by atoms with E-state index in [2.05, 4.69) is 27.6 Å². The van der Waals surface area contributed by atoms with Gasteiger partial charge >= 0.3 is 0 Å². The third-order valence-corrected chi connectivity index (χ3v) is 7.58. The second kappa shape index (κ2) is 10.8. The molecule has 8 heteroatoms. The number of benzene rings is 2. The number of aryl methyl sites for hydroxylation is 2. The number of nitrogens with zero attached hydrogens (tertiary/aromatic N) is 4. The van der Waals surface area contributed by atoms with Gasteiger partial charge in [0.15, 0.2) is 0 Å². The van der Waals surface area contributed by atoms with Crippen LogP contribution in [0.25, 0.3) is 0 Å². The lowest BCUT2D eigenvalue weighted by atomic mass is 9.95. The Morgan fingerprint density at radius 2 is 1.92 bits per heavy atom. The number of para-hydroxylation sites is 2. The molecular formula is C29H36N6O2. The average molecular weight is 501 g/mol. The highest BCUT2D eigenvalue weighted by Crippen LogP contribution is 2.36.